The van der Waals surface area contributed by atoms with Crippen LogP contribution in [0.15, 0.2) is 30.3 Å². The molecule has 0 aliphatic heterocycles. The highest BCUT2D eigenvalue weighted by Crippen LogP contribution is 2.23. The first kappa shape index (κ1) is 8.71. The molecule has 0 heterocycles. The Kier molecular flexibility index (Phi) is 3.05. The van der Waals surface area contributed by atoms with E-state index < -0.39 is 0 Å². The van der Waals surface area contributed by atoms with Crippen LogP contribution in [0, 0.1) is 0 Å². The average molecular weight is 260 g/mol. The predicted octanol–water partition coefficient (Wildman–Crippen LogP) is 2.75. The highest BCUT2D eigenvalue weighted by Gasteiger charge is 2.10. The lowest BCUT2D eigenvalue weighted by atomic mass is 10.1. The van der Waals surface area contributed by atoms with Gasteiger partial charge in [-0.25, -0.2) is 0 Å². The first-order valence-electron chi connectivity index (χ1n) is 3.41. The summed E-state index contributed by atoms with van der Waals surface area (Å²) in [7, 11) is 0. The van der Waals surface area contributed by atoms with Gasteiger partial charge in [0, 0.05) is 0 Å². The molecule has 0 aliphatic rings. The first-order valence-corrected chi connectivity index (χ1v) is 4.66. The second kappa shape index (κ2) is 3.85. The van der Waals surface area contributed by atoms with Crippen molar-refractivity contribution in [2.24, 2.45) is 0 Å². The van der Waals surface area contributed by atoms with Crippen LogP contribution in [0.2, 0.25) is 0 Å². The standard InChI is InChI=1S/C9H9IO/c1-7(11)9(10)8-5-3-2-4-6-8/h2-6,9H,1H3. The van der Waals surface area contributed by atoms with Crippen LogP contribution in [0.25, 0.3) is 0 Å². The molecule has 0 spiro atoms. The van der Waals surface area contributed by atoms with Crippen molar-refractivity contribution in [2.75, 3.05) is 0 Å². The predicted molar refractivity (Wildman–Crippen MR) is 53.9 cm³/mol. The molecule has 1 aromatic carbocycles. The van der Waals surface area contributed by atoms with Gasteiger partial charge in [-0.15, -0.1) is 0 Å². The zero-order valence-electron chi connectivity index (χ0n) is 6.25. The third-order valence-corrected chi connectivity index (χ3v) is 3.05. The second-order valence-electron chi connectivity index (χ2n) is 2.38. The Morgan fingerprint density at radius 2 is 1.91 bits per heavy atom. The molecule has 0 bridgehead atoms. The van der Waals surface area contributed by atoms with Crippen molar-refractivity contribution in [3.05, 3.63) is 35.9 Å². The molecule has 0 N–H and O–H groups in total. The molecule has 1 nitrogen and oxygen atoms in total. The van der Waals surface area contributed by atoms with Gasteiger partial charge < -0.3 is 0 Å². The number of hydrogen-bond acceptors (Lipinski definition) is 1. The van der Waals surface area contributed by atoms with Crippen LogP contribution in [-0.2, 0) is 4.79 Å². The monoisotopic (exact) mass is 260 g/mol. The normalized spacial score (nSPS) is 12.5. The number of rotatable bonds is 2. The zero-order chi connectivity index (χ0) is 8.27. The fourth-order valence-electron chi connectivity index (χ4n) is 0.857. The Labute approximate surface area is 79.9 Å². The van der Waals surface area contributed by atoms with E-state index in [-0.39, 0.29) is 9.71 Å². The largest absolute Gasteiger partial charge is 0.298 e. The maximum atomic E-state index is 10.9. The Morgan fingerprint density at radius 3 is 2.36 bits per heavy atom. The van der Waals surface area contributed by atoms with Gasteiger partial charge in [-0.2, -0.15) is 0 Å². The highest BCUT2D eigenvalue weighted by atomic mass is 127. The summed E-state index contributed by atoms with van der Waals surface area (Å²) < 4.78 is 0.00815. The number of halogens is 1. The summed E-state index contributed by atoms with van der Waals surface area (Å²) in [6.45, 7) is 1.62. The Hall–Kier alpha value is -0.380. The number of alkyl halides is 1. The molecular weight excluding hydrogens is 251 g/mol. The third-order valence-electron chi connectivity index (χ3n) is 1.45. The van der Waals surface area contributed by atoms with Gasteiger partial charge >= 0.3 is 0 Å². The lowest BCUT2D eigenvalue weighted by Gasteiger charge is -2.04. The molecule has 0 aromatic heterocycles. The number of carbonyl (C=O) groups excluding carboxylic acids is 1. The highest BCUT2D eigenvalue weighted by molar-refractivity contribution is 14.1. The molecular formula is C9H9IO. The van der Waals surface area contributed by atoms with Crippen LogP contribution >= 0.6 is 22.6 Å². The van der Waals surface area contributed by atoms with Gasteiger partial charge in [0.2, 0.25) is 0 Å². The molecule has 0 aliphatic carbocycles. The topological polar surface area (TPSA) is 17.1 Å². The molecule has 1 rings (SSSR count). The van der Waals surface area contributed by atoms with Gasteiger partial charge in [0.05, 0.1) is 3.92 Å². The summed E-state index contributed by atoms with van der Waals surface area (Å²) in [4.78, 5) is 10.9. The number of hydrogen-bond donors (Lipinski definition) is 0. The summed E-state index contributed by atoms with van der Waals surface area (Å²) in [6, 6.07) is 9.79. The van der Waals surface area contributed by atoms with E-state index >= 15 is 0 Å². The number of Topliss-reactive ketones (excluding diaryl/α,β-unsaturated/α-hetero) is 1. The fourth-order valence-corrected chi connectivity index (χ4v) is 1.27. The van der Waals surface area contributed by atoms with Crippen molar-refractivity contribution in [3.63, 3.8) is 0 Å². The quantitative estimate of drug-likeness (QED) is 0.590. The molecule has 1 unspecified atom stereocenters. The van der Waals surface area contributed by atoms with Gasteiger partial charge in [0.15, 0.2) is 0 Å². The number of ketones is 1. The van der Waals surface area contributed by atoms with Crippen molar-refractivity contribution >= 4 is 28.4 Å². The van der Waals surface area contributed by atoms with Crippen molar-refractivity contribution < 1.29 is 4.79 Å². The van der Waals surface area contributed by atoms with Crippen LogP contribution in [0.3, 0.4) is 0 Å². The minimum absolute atomic E-state index is 0.00815. The van der Waals surface area contributed by atoms with E-state index in [1.54, 1.807) is 6.92 Å². The molecule has 0 fully saturated rings. The van der Waals surface area contributed by atoms with Crippen molar-refractivity contribution in [1.29, 1.82) is 0 Å². The van der Waals surface area contributed by atoms with Crippen LogP contribution in [-0.4, -0.2) is 5.78 Å². The van der Waals surface area contributed by atoms with E-state index in [1.165, 1.54) is 0 Å². The molecule has 58 valence electrons. The summed E-state index contributed by atoms with van der Waals surface area (Å²) in [5, 5.41) is 0. The Morgan fingerprint density at radius 1 is 1.36 bits per heavy atom. The number of benzene rings is 1. The summed E-state index contributed by atoms with van der Waals surface area (Å²) in [5.41, 5.74) is 1.08. The molecule has 11 heavy (non-hydrogen) atoms. The summed E-state index contributed by atoms with van der Waals surface area (Å²) in [5.74, 6) is 0.205. The van der Waals surface area contributed by atoms with Gasteiger partial charge in [-0.1, -0.05) is 52.9 Å². The van der Waals surface area contributed by atoms with Gasteiger partial charge in [-0.3, -0.25) is 4.79 Å². The van der Waals surface area contributed by atoms with Crippen LogP contribution in [0.5, 0.6) is 0 Å². The average Bonchev–Trinajstić information content (AvgIpc) is 2.05. The van der Waals surface area contributed by atoms with Crippen molar-refractivity contribution in [3.8, 4) is 0 Å². The molecule has 1 atom stereocenters. The first-order chi connectivity index (χ1) is 5.22. The maximum absolute atomic E-state index is 10.9. The van der Waals surface area contributed by atoms with Crippen molar-refractivity contribution in [2.45, 2.75) is 10.8 Å². The zero-order valence-corrected chi connectivity index (χ0v) is 8.41. The van der Waals surface area contributed by atoms with E-state index in [2.05, 4.69) is 22.6 Å². The second-order valence-corrected chi connectivity index (χ2v) is 3.63. The van der Waals surface area contributed by atoms with Crippen LogP contribution in [0.1, 0.15) is 16.4 Å². The Bertz CT molecular complexity index is 243. The molecule has 0 radical (unpaired) electrons. The Balaban J connectivity index is 2.85. The van der Waals surface area contributed by atoms with Crippen LogP contribution in [0.4, 0.5) is 0 Å². The van der Waals surface area contributed by atoms with E-state index in [9.17, 15) is 4.79 Å². The summed E-state index contributed by atoms with van der Waals surface area (Å²) >= 11 is 2.15. The van der Waals surface area contributed by atoms with Gasteiger partial charge in [-0.05, 0) is 12.5 Å². The van der Waals surface area contributed by atoms with E-state index in [0.717, 1.165) is 5.56 Å². The molecule has 2 heteroatoms. The lowest BCUT2D eigenvalue weighted by Crippen LogP contribution is -1.99. The van der Waals surface area contributed by atoms with Crippen molar-refractivity contribution in [1.82, 2.24) is 0 Å². The number of carbonyl (C=O) groups is 1. The molecule has 1 aromatic rings. The minimum atomic E-state index is 0.00815. The molecule has 0 saturated heterocycles. The van der Waals surface area contributed by atoms with E-state index in [4.69, 9.17) is 0 Å². The SMILES string of the molecule is CC(=O)C(I)c1ccccc1. The van der Waals surface area contributed by atoms with E-state index in [1.807, 2.05) is 30.3 Å². The van der Waals surface area contributed by atoms with E-state index in [0.29, 0.717) is 0 Å². The minimum Gasteiger partial charge on any atom is -0.298 e. The van der Waals surface area contributed by atoms with Crippen LogP contribution < -0.4 is 0 Å². The van der Waals surface area contributed by atoms with Gasteiger partial charge in [0.1, 0.15) is 5.78 Å². The smallest absolute Gasteiger partial charge is 0.147 e. The third kappa shape index (κ3) is 2.29. The molecule has 0 amide bonds. The fraction of sp³-hybridized carbons (Fsp3) is 0.222. The molecule has 0 saturated carbocycles. The lowest BCUT2D eigenvalue weighted by molar-refractivity contribution is -0.116. The van der Waals surface area contributed by atoms with Gasteiger partial charge in [0.25, 0.3) is 0 Å². The summed E-state index contributed by atoms with van der Waals surface area (Å²) in [6.07, 6.45) is 0. The maximum Gasteiger partial charge on any atom is 0.147 e.